The Labute approximate surface area is 363 Å². The van der Waals surface area contributed by atoms with Gasteiger partial charge in [-0.15, -0.1) is 0 Å². The number of aromatic nitrogens is 4. The molecule has 0 spiro atoms. The maximum atomic E-state index is 6.20. The van der Waals surface area contributed by atoms with E-state index in [4.69, 9.17) is 19.4 Å². The highest BCUT2D eigenvalue weighted by Crippen LogP contribution is 2.55. The first-order valence-electron chi connectivity index (χ1n) is 21.3. The van der Waals surface area contributed by atoms with Crippen molar-refractivity contribution in [3.8, 4) is 50.7 Å². The third-order valence-electron chi connectivity index (χ3n) is 12.9. The van der Waals surface area contributed by atoms with Gasteiger partial charge in [0.2, 0.25) is 5.95 Å². The summed E-state index contributed by atoms with van der Waals surface area (Å²) in [5, 5.41) is 4.47. The molecule has 0 bridgehead atoms. The number of rotatable bonds is 6. The monoisotopic (exact) mass is 804 g/mol. The first-order chi connectivity index (χ1) is 31.2. The predicted octanol–water partition coefficient (Wildman–Crippen LogP) is 14.2. The van der Waals surface area contributed by atoms with Crippen molar-refractivity contribution in [1.82, 2.24) is 19.5 Å². The van der Waals surface area contributed by atoms with Crippen LogP contribution in [-0.4, -0.2) is 19.5 Å². The molecule has 0 saturated carbocycles. The first-order valence-corrected chi connectivity index (χ1v) is 21.3. The van der Waals surface area contributed by atoms with Gasteiger partial charge < -0.3 is 4.42 Å². The lowest BCUT2D eigenvalue weighted by Crippen LogP contribution is -2.32. The molecule has 0 amide bonds. The lowest BCUT2D eigenvalue weighted by Gasteiger charge is -2.32. The molecule has 294 valence electrons. The second-order valence-corrected chi connectivity index (χ2v) is 16.3. The number of hydrogen-bond acceptors (Lipinski definition) is 4. The molecule has 12 aromatic rings. The fraction of sp³-hybridized carbons (Fsp3) is 0.0172. The van der Waals surface area contributed by atoms with Gasteiger partial charge in [-0.3, -0.25) is 4.57 Å². The minimum absolute atomic E-state index is 0.561. The molecule has 0 unspecified atom stereocenters. The first kappa shape index (κ1) is 35.4. The van der Waals surface area contributed by atoms with Crippen molar-refractivity contribution < 1.29 is 4.42 Å². The molecule has 0 saturated heterocycles. The van der Waals surface area contributed by atoms with Crippen molar-refractivity contribution in [2.75, 3.05) is 0 Å². The zero-order valence-corrected chi connectivity index (χ0v) is 34.0. The van der Waals surface area contributed by atoms with Crippen LogP contribution in [-0.2, 0) is 5.41 Å². The summed E-state index contributed by atoms with van der Waals surface area (Å²) in [6.07, 6.45) is 0. The normalized spacial score (nSPS) is 12.9. The Kier molecular flexibility index (Phi) is 7.75. The largest absolute Gasteiger partial charge is 0.456 e. The number of benzene rings is 9. The highest BCUT2D eigenvalue weighted by Gasteiger charge is 2.49. The van der Waals surface area contributed by atoms with Crippen LogP contribution < -0.4 is 0 Å². The van der Waals surface area contributed by atoms with E-state index in [0.717, 1.165) is 82.7 Å². The van der Waals surface area contributed by atoms with Gasteiger partial charge in [0, 0.05) is 27.1 Å². The molecule has 0 N–H and O–H groups in total. The van der Waals surface area contributed by atoms with Gasteiger partial charge in [-0.25, -0.2) is 4.98 Å². The van der Waals surface area contributed by atoms with E-state index in [2.05, 4.69) is 211 Å². The minimum atomic E-state index is -0.876. The second kappa shape index (κ2) is 13.8. The van der Waals surface area contributed by atoms with Gasteiger partial charge >= 0.3 is 0 Å². The average Bonchev–Trinajstić information content (AvgIpc) is 4.01. The Hall–Kier alpha value is -8.41. The van der Waals surface area contributed by atoms with Crippen LogP contribution in [0.15, 0.2) is 223 Å². The maximum absolute atomic E-state index is 6.20. The summed E-state index contributed by atoms with van der Waals surface area (Å²) in [5.74, 6) is 1.81. The third kappa shape index (κ3) is 5.33. The Morgan fingerprint density at radius 2 is 0.905 bits per heavy atom. The molecule has 3 heterocycles. The van der Waals surface area contributed by atoms with Gasteiger partial charge in [0.25, 0.3) is 0 Å². The molecule has 0 atom stereocenters. The zero-order chi connectivity index (χ0) is 41.5. The van der Waals surface area contributed by atoms with E-state index in [9.17, 15) is 0 Å². The van der Waals surface area contributed by atoms with Gasteiger partial charge in [0.1, 0.15) is 16.6 Å². The lowest BCUT2D eigenvalue weighted by molar-refractivity contribution is 0.669. The summed E-state index contributed by atoms with van der Waals surface area (Å²) in [6, 6.07) is 77.3. The van der Waals surface area contributed by atoms with Crippen molar-refractivity contribution in [3.63, 3.8) is 0 Å². The number of hydrogen-bond donors (Lipinski definition) is 0. The summed E-state index contributed by atoms with van der Waals surface area (Å²) in [5.41, 5.74) is 14.0. The standard InChI is InChI=1S/C58H36N4O/c1-2-15-37(16-3-1)38-29-32-42(33-30-38)58(49-24-9-4-19-43(49)44-20-5-10-25-50(44)58)56-59-55(60-57(61-56)62-51-26-11-6-21-45(51)46-22-7-12-27-52(46)62)41-18-14-17-39(35-41)40-31-34-54-48(36-40)47-23-8-13-28-53(47)63-54/h1-36H. The van der Waals surface area contributed by atoms with E-state index in [1.165, 1.54) is 16.7 Å². The van der Waals surface area contributed by atoms with Crippen LogP contribution in [0.3, 0.4) is 0 Å². The van der Waals surface area contributed by atoms with Gasteiger partial charge in [-0.05, 0) is 86.5 Å². The predicted molar refractivity (Wildman–Crippen MR) is 255 cm³/mol. The van der Waals surface area contributed by atoms with E-state index in [-0.39, 0.29) is 0 Å². The van der Waals surface area contributed by atoms with E-state index in [1.807, 2.05) is 12.1 Å². The van der Waals surface area contributed by atoms with Gasteiger partial charge in [-0.2, -0.15) is 9.97 Å². The average molecular weight is 805 g/mol. The van der Waals surface area contributed by atoms with E-state index < -0.39 is 5.41 Å². The summed E-state index contributed by atoms with van der Waals surface area (Å²) < 4.78 is 8.41. The van der Waals surface area contributed by atoms with Gasteiger partial charge in [0.15, 0.2) is 11.6 Å². The SMILES string of the molecule is c1ccc(-c2ccc(C3(c4nc(-c5cccc(-c6ccc7oc8ccccc8c7c6)c5)nc(-n5c6ccccc6c6ccccc65)n4)c4ccccc4-c4ccccc43)cc2)cc1. The van der Waals surface area contributed by atoms with Crippen LogP contribution in [0.1, 0.15) is 22.5 Å². The number of para-hydroxylation sites is 3. The topological polar surface area (TPSA) is 56.7 Å². The summed E-state index contributed by atoms with van der Waals surface area (Å²) in [6.45, 7) is 0. The molecule has 5 nitrogen and oxygen atoms in total. The lowest BCUT2D eigenvalue weighted by atomic mass is 9.71. The Morgan fingerprint density at radius 1 is 0.365 bits per heavy atom. The Morgan fingerprint density at radius 3 is 1.63 bits per heavy atom. The molecule has 13 rings (SSSR count). The van der Waals surface area contributed by atoms with Crippen LogP contribution in [0.5, 0.6) is 0 Å². The third-order valence-corrected chi connectivity index (χ3v) is 12.9. The van der Waals surface area contributed by atoms with Crippen LogP contribution in [0.25, 0.3) is 94.5 Å². The fourth-order valence-corrected chi connectivity index (χ4v) is 10.1. The number of furan rings is 1. The van der Waals surface area contributed by atoms with Crippen molar-refractivity contribution in [2.24, 2.45) is 0 Å². The van der Waals surface area contributed by atoms with E-state index >= 15 is 0 Å². The van der Waals surface area contributed by atoms with Crippen LogP contribution in [0.2, 0.25) is 0 Å². The highest BCUT2D eigenvalue weighted by atomic mass is 16.3. The number of fused-ring (bicyclic) bond motifs is 9. The molecule has 9 aromatic carbocycles. The molecule has 1 aliphatic carbocycles. The van der Waals surface area contributed by atoms with Gasteiger partial charge in [-0.1, -0.05) is 182 Å². The van der Waals surface area contributed by atoms with Crippen molar-refractivity contribution in [2.45, 2.75) is 5.41 Å². The molecule has 0 radical (unpaired) electrons. The van der Waals surface area contributed by atoms with Gasteiger partial charge in [0.05, 0.1) is 11.0 Å². The minimum Gasteiger partial charge on any atom is -0.456 e. The summed E-state index contributed by atoms with van der Waals surface area (Å²) in [4.78, 5) is 16.8. The second-order valence-electron chi connectivity index (χ2n) is 16.3. The molecule has 0 fully saturated rings. The van der Waals surface area contributed by atoms with Crippen LogP contribution in [0, 0.1) is 0 Å². The molecule has 5 heteroatoms. The molecule has 1 aliphatic rings. The molecule has 0 aliphatic heterocycles. The van der Waals surface area contributed by atoms with Crippen molar-refractivity contribution >= 4 is 43.7 Å². The van der Waals surface area contributed by atoms with E-state index in [1.54, 1.807) is 0 Å². The molecule has 63 heavy (non-hydrogen) atoms. The molecule has 3 aromatic heterocycles. The smallest absolute Gasteiger partial charge is 0.238 e. The van der Waals surface area contributed by atoms with Crippen molar-refractivity contribution in [3.05, 3.63) is 241 Å². The van der Waals surface area contributed by atoms with E-state index in [0.29, 0.717) is 17.6 Å². The summed E-state index contributed by atoms with van der Waals surface area (Å²) >= 11 is 0. The zero-order valence-electron chi connectivity index (χ0n) is 34.0. The molecular weight excluding hydrogens is 769 g/mol. The fourth-order valence-electron chi connectivity index (χ4n) is 10.1. The van der Waals surface area contributed by atoms with Crippen LogP contribution >= 0.6 is 0 Å². The summed E-state index contributed by atoms with van der Waals surface area (Å²) in [7, 11) is 0. The molecular formula is C58H36N4O. The Balaban J connectivity index is 1.10. The number of nitrogens with zero attached hydrogens (tertiary/aromatic N) is 4. The quantitative estimate of drug-likeness (QED) is 0.168. The van der Waals surface area contributed by atoms with Crippen molar-refractivity contribution in [1.29, 1.82) is 0 Å². The Bertz CT molecular complexity index is 3650. The highest BCUT2D eigenvalue weighted by molar-refractivity contribution is 6.09. The van der Waals surface area contributed by atoms with Crippen LogP contribution in [0.4, 0.5) is 0 Å². The maximum Gasteiger partial charge on any atom is 0.238 e.